The first-order valence-electron chi connectivity index (χ1n) is 6.78. The topological polar surface area (TPSA) is 38.5 Å². The Morgan fingerprint density at radius 3 is 2.44 bits per heavy atom. The Morgan fingerprint density at radius 2 is 1.89 bits per heavy atom. The van der Waals surface area contributed by atoms with Gasteiger partial charge in [0.05, 0.1) is 6.61 Å². The van der Waals surface area contributed by atoms with E-state index in [4.69, 9.17) is 10.5 Å². The smallest absolute Gasteiger partial charge is 0.0593 e. The van der Waals surface area contributed by atoms with Crippen LogP contribution in [0, 0.1) is 0 Å². The maximum absolute atomic E-state index is 6.21. The Kier molecular flexibility index (Phi) is 6.94. The Bertz CT molecular complexity index is 324. The van der Waals surface area contributed by atoms with Gasteiger partial charge >= 0.3 is 0 Å². The second-order valence-corrected chi connectivity index (χ2v) is 4.66. The molecule has 0 amide bonds. The van der Waals surface area contributed by atoms with Crippen LogP contribution in [0.25, 0.3) is 0 Å². The molecule has 1 unspecified atom stereocenters. The third-order valence-electron chi connectivity index (χ3n) is 3.15. The summed E-state index contributed by atoms with van der Waals surface area (Å²) in [5.74, 6) is 0. The highest BCUT2D eigenvalue weighted by atomic mass is 16.5. The monoisotopic (exact) mass is 250 g/mol. The second kappa shape index (κ2) is 8.25. The third kappa shape index (κ3) is 5.17. The van der Waals surface area contributed by atoms with Gasteiger partial charge in [-0.1, -0.05) is 31.2 Å². The largest absolute Gasteiger partial charge is 0.380 e. The minimum Gasteiger partial charge on any atom is -0.380 e. The van der Waals surface area contributed by atoms with Gasteiger partial charge in [-0.3, -0.25) is 0 Å². The maximum Gasteiger partial charge on any atom is 0.0593 e. The van der Waals surface area contributed by atoms with Gasteiger partial charge in [0.2, 0.25) is 0 Å². The predicted molar refractivity (Wildman–Crippen MR) is 76.7 cm³/mol. The van der Waals surface area contributed by atoms with Crippen molar-refractivity contribution in [3.8, 4) is 0 Å². The molecule has 1 aromatic carbocycles. The zero-order chi connectivity index (χ0) is 13.4. The van der Waals surface area contributed by atoms with Crippen molar-refractivity contribution in [1.82, 2.24) is 4.90 Å². The van der Waals surface area contributed by atoms with E-state index < -0.39 is 0 Å². The molecular weight excluding hydrogens is 224 g/mol. The molecule has 18 heavy (non-hydrogen) atoms. The first-order valence-corrected chi connectivity index (χ1v) is 6.78. The maximum atomic E-state index is 6.21. The summed E-state index contributed by atoms with van der Waals surface area (Å²) in [5, 5.41) is 0. The van der Waals surface area contributed by atoms with Crippen molar-refractivity contribution in [2.45, 2.75) is 26.3 Å². The van der Waals surface area contributed by atoms with Gasteiger partial charge in [0.25, 0.3) is 0 Å². The van der Waals surface area contributed by atoms with Crippen LogP contribution in [0.5, 0.6) is 0 Å². The zero-order valence-corrected chi connectivity index (χ0v) is 11.9. The molecule has 0 saturated carbocycles. The fourth-order valence-corrected chi connectivity index (χ4v) is 1.90. The molecular formula is C15H26N2O. The summed E-state index contributed by atoms with van der Waals surface area (Å²) in [7, 11) is 2.08. The van der Waals surface area contributed by atoms with Gasteiger partial charge in [-0.05, 0) is 31.5 Å². The molecule has 0 aliphatic carbocycles. The Labute approximate surface area is 111 Å². The quantitative estimate of drug-likeness (QED) is 0.719. The summed E-state index contributed by atoms with van der Waals surface area (Å²) in [6, 6.07) is 8.67. The van der Waals surface area contributed by atoms with Crippen LogP contribution < -0.4 is 5.73 Å². The van der Waals surface area contributed by atoms with Crippen molar-refractivity contribution in [1.29, 1.82) is 0 Å². The number of hydrogen-bond donors (Lipinski definition) is 1. The molecule has 2 N–H and O–H groups in total. The van der Waals surface area contributed by atoms with Crippen molar-refractivity contribution < 1.29 is 4.74 Å². The summed E-state index contributed by atoms with van der Waals surface area (Å²) >= 11 is 0. The fraction of sp³-hybridized carbons (Fsp3) is 0.600. The lowest BCUT2D eigenvalue weighted by Gasteiger charge is -2.21. The van der Waals surface area contributed by atoms with Gasteiger partial charge in [0.15, 0.2) is 0 Å². The number of aryl methyl sites for hydroxylation is 1. The van der Waals surface area contributed by atoms with Gasteiger partial charge in [0.1, 0.15) is 0 Å². The molecule has 1 rings (SSSR count). The van der Waals surface area contributed by atoms with Crippen LogP contribution in [0.3, 0.4) is 0 Å². The van der Waals surface area contributed by atoms with Gasteiger partial charge in [-0.15, -0.1) is 0 Å². The van der Waals surface area contributed by atoms with Crippen LogP contribution in [0.2, 0.25) is 0 Å². The molecule has 3 nitrogen and oxygen atoms in total. The van der Waals surface area contributed by atoms with E-state index in [-0.39, 0.29) is 6.04 Å². The highest BCUT2D eigenvalue weighted by molar-refractivity contribution is 5.25. The van der Waals surface area contributed by atoms with Crippen LogP contribution in [0.1, 0.15) is 31.0 Å². The fourth-order valence-electron chi connectivity index (χ4n) is 1.90. The number of ether oxygens (including phenoxy) is 1. The van der Waals surface area contributed by atoms with Crippen molar-refractivity contribution in [2.75, 3.05) is 33.4 Å². The average Bonchev–Trinajstić information content (AvgIpc) is 2.39. The molecule has 0 saturated heterocycles. The lowest BCUT2D eigenvalue weighted by molar-refractivity contribution is 0.120. The predicted octanol–water partition coefficient (Wildman–Crippen LogP) is 2.22. The first-order chi connectivity index (χ1) is 8.67. The second-order valence-electron chi connectivity index (χ2n) is 4.66. The van der Waals surface area contributed by atoms with Crippen molar-refractivity contribution >= 4 is 0 Å². The van der Waals surface area contributed by atoms with E-state index in [2.05, 4.69) is 43.1 Å². The number of benzene rings is 1. The molecule has 0 bridgehead atoms. The molecule has 0 spiro atoms. The SMILES string of the molecule is CCOCCN(C)CC(N)c1ccc(CC)cc1. The molecule has 0 heterocycles. The molecule has 1 aromatic rings. The van der Waals surface area contributed by atoms with E-state index in [1.165, 1.54) is 11.1 Å². The Hall–Kier alpha value is -0.900. The highest BCUT2D eigenvalue weighted by Gasteiger charge is 2.09. The van der Waals surface area contributed by atoms with Gasteiger partial charge in [0, 0.05) is 25.7 Å². The number of rotatable bonds is 8. The molecule has 0 radical (unpaired) electrons. The van der Waals surface area contributed by atoms with Gasteiger partial charge < -0.3 is 15.4 Å². The van der Waals surface area contributed by atoms with E-state index in [9.17, 15) is 0 Å². The summed E-state index contributed by atoms with van der Waals surface area (Å²) < 4.78 is 5.34. The van der Waals surface area contributed by atoms with Gasteiger partial charge in [-0.25, -0.2) is 0 Å². The lowest BCUT2D eigenvalue weighted by Crippen LogP contribution is -2.31. The Balaban J connectivity index is 2.40. The van der Waals surface area contributed by atoms with E-state index in [1.807, 2.05) is 6.92 Å². The molecule has 0 aliphatic heterocycles. The Morgan fingerprint density at radius 1 is 1.22 bits per heavy atom. The van der Waals surface area contributed by atoms with Crippen LogP contribution in [0.15, 0.2) is 24.3 Å². The molecule has 0 aromatic heterocycles. The van der Waals surface area contributed by atoms with Crippen LogP contribution in [0.4, 0.5) is 0 Å². The molecule has 0 fully saturated rings. The molecule has 1 atom stereocenters. The van der Waals surface area contributed by atoms with Crippen LogP contribution >= 0.6 is 0 Å². The molecule has 3 heteroatoms. The summed E-state index contributed by atoms with van der Waals surface area (Å²) in [6.07, 6.45) is 1.07. The normalized spacial score (nSPS) is 12.9. The minimum atomic E-state index is 0.0718. The number of nitrogens with two attached hydrogens (primary N) is 1. The number of nitrogens with zero attached hydrogens (tertiary/aromatic N) is 1. The molecule has 0 aliphatic rings. The summed E-state index contributed by atoms with van der Waals surface area (Å²) in [4.78, 5) is 2.22. The summed E-state index contributed by atoms with van der Waals surface area (Å²) in [6.45, 7) is 7.51. The van der Waals surface area contributed by atoms with E-state index in [0.717, 1.165) is 32.7 Å². The highest BCUT2D eigenvalue weighted by Crippen LogP contribution is 2.13. The van der Waals surface area contributed by atoms with Crippen LogP contribution in [-0.4, -0.2) is 38.3 Å². The minimum absolute atomic E-state index is 0.0718. The van der Waals surface area contributed by atoms with Gasteiger partial charge in [-0.2, -0.15) is 0 Å². The van der Waals surface area contributed by atoms with Crippen molar-refractivity contribution in [3.05, 3.63) is 35.4 Å². The standard InChI is InChI=1S/C15H26N2O/c1-4-13-6-8-14(9-7-13)15(16)12-17(3)10-11-18-5-2/h6-9,15H,4-5,10-12,16H2,1-3H3. The van der Waals surface area contributed by atoms with E-state index in [0.29, 0.717) is 0 Å². The van der Waals surface area contributed by atoms with E-state index >= 15 is 0 Å². The average molecular weight is 250 g/mol. The van der Waals surface area contributed by atoms with E-state index in [1.54, 1.807) is 0 Å². The van der Waals surface area contributed by atoms with Crippen LogP contribution in [-0.2, 0) is 11.2 Å². The summed E-state index contributed by atoms with van der Waals surface area (Å²) in [5.41, 5.74) is 8.77. The number of hydrogen-bond acceptors (Lipinski definition) is 3. The molecule has 102 valence electrons. The van der Waals surface area contributed by atoms with Crippen molar-refractivity contribution in [3.63, 3.8) is 0 Å². The van der Waals surface area contributed by atoms with Crippen molar-refractivity contribution in [2.24, 2.45) is 5.73 Å². The number of likely N-dealkylation sites (N-methyl/N-ethyl adjacent to an activating group) is 1. The first kappa shape index (κ1) is 15.2. The lowest BCUT2D eigenvalue weighted by atomic mass is 10.0. The third-order valence-corrected chi connectivity index (χ3v) is 3.15. The zero-order valence-electron chi connectivity index (χ0n) is 11.9.